The summed E-state index contributed by atoms with van der Waals surface area (Å²) in [6.45, 7) is 2.50. The lowest BCUT2D eigenvalue weighted by Crippen LogP contribution is -2.20. The number of hydrogen-bond donors (Lipinski definition) is 2. The molecular weight excluding hydrogens is 182 g/mol. The van der Waals surface area contributed by atoms with Gasteiger partial charge in [0.15, 0.2) is 0 Å². The minimum atomic E-state index is 0.0736. The molecule has 2 N–H and O–H groups in total. The van der Waals surface area contributed by atoms with E-state index in [1.54, 1.807) is 6.20 Å². The first-order valence-corrected chi connectivity index (χ1v) is 4.59. The Morgan fingerprint density at radius 1 is 1.43 bits per heavy atom. The van der Waals surface area contributed by atoms with Gasteiger partial charge < -0.3 is 15.2 Å². The lowest BCUT2D eigenvalue weighted by molar-refractivity contribution is 0.0937. The van der Waals surface area contributed by atoms with Crippen LogP contribution in [-0.2, 0) is 11.3 Å². The monoisotopic (exact) mass is 197 g/mol. The van der Waals surface area contributed by atoms with Gasteiger partial charge in [0.2, 0.25) is 0 Å². The van der Waals surface area contributed by atoms with Crippen molar-refractivity contribution in [2.45, 2.75) is 6.54 Å². The number of nitrogens with zero attached hydrogens (tertiary/aromatic N) is 2. The molecule has 0 aliphatic rings. The summed E-state index contributed by atoms with van der Waals surface area (Å²) in [6, 6.07) is 3.76. The quantitative estimate of drug-likeness (QED) is 0.581. The van der Waals surface area contributed by atoms with Gasteiger partial charge in [-0.25, -0.2) is 0 Å². The first kappa shape index (κ1) is 11.0. The zero-order valence-corrected chi connectivity index (χ0v) is 8.02. The van der Waals surface area contributed by atoms with Crippen molar-refractivity contribution in [3.63, 3.8) is 0 Å². The van der Waals surface area contributed by atoms with Crippen LogP contribution in [0.25, 0.3) is 0 Å². The second kappa shape index (κ2) is 7.37. The summed E-state index contributed by atoms with van der Waals surface area (Å²) in [5.41, 5.74) is 0.912. The summed E-state index contributed by atoms with van der Waals surface area (Å²) < 4.78 is 5.07. The smallest absolute Gasteiger partial charge is 0.0768 e. The van der Waals surface area contributed by atoms with Gasteiger partial charge in [-0.05, 0) is 12.1 Å². The van der Waals surface area contributed by atoms with Crippen LogP contribution in [-0.4, -0.2) is 41.7 Å². The molecule has 0 spiro atoms. The van der Waals surface area contributed by atoms with Crippen LogP contribution in [0, 0.1) is 0 Å². The van der Waals surface area contributed by atoms with E-state index in [0.29, 0.717) is 19.8 Å². The molecule has 5 heteroatoms. The first-order chi connectivity index (χ1) is 6.93. The highest BCUT2D eigenvalue weighted by Gasteiger charge is 1.92. The van der Waals surface area contributed by atoms with Crippen molar-refractivity contribution in [3.8, 4) is 0 Å². The molecule has 1 aromatic rings. The van der Waals surface area contributed by atoms with Gasteiger partial charge in [-0.15, -0.1) is 0 Å². The van der Waals surface area contributed by atoms with Crippen LogP contribution >= 0.6 is 0 Å². The van der Waals surface area contributed by atoms with Gasteiger partial charge in [-0.1, -0.05) is 0 Å². The van der Waals surface area contributed by atoms with Gasteiger partial charge in [0.25, 0.3) is 0 Å². The normalized spacial score (nSPS) is 10.4. The van der Waals surface area contributed by atoms with Crippen molar-refractivity contribution in [3.05, 3.63) is 24.0 Å². The Labute approximate surface area is 83.1 Å². The summed E-state index contributed by atoms with van der Waals surface area (Å²) in [5, 5.41) is 19.3. The van der Waals surface area contributed by atoms with Crippen LogP contribution in [0.15, 0.2) is 18.3 Å². The SMILES string of the molecule is OCCOCCNCc1cccnn1. The van der Waals surface area contributed by atoms with Crippen LogP contribution in [0.5, 0.6) is 0 Å². The fourth-order valence-corrected chi connectivity index (χ4v) is 0.955. The molecular formula is C9H15N3O2. The number of nitrogens with one attached hydrogen (secondary N) is 1. The molecule has 0 bridgehead atoms. The van der Waals surface area contributed by atoms with E-state index in [2.05, 4.69) is 15.5 Å². The highest BCUT2D eigenvalue weighted by molar-refractivity contribution is 4.98. The summed E-state index contributed by atoms with van der Waals surface area (Å²) in [5.74, 6) is 0. The molecule has 0 fully saturated rings. The first-order valence-electron chi connectivity index (χ1n) is 4.59. The summed E-state index contributed by atoms with van der Waals surface area (Å²) in [6.07, 6.45) is 1.65. The van der Waals surface area contributed by atoms with Gasteiger partial charge in [-0.2, -0.15) is 10.2 Å². The topological polar surface area (TPSA) is 67.3 Å². The van der Waals surface area contributed by atoms with E-state index in [4.69, 9.17) is 9.84 Å². The highest BCUT2D eigenvalue weighted by atomic mass is 16.5. The van der Waals surface area contributed by atoms with Crippen LogP contribution in [0.4, 0.5) is 0 Å². The van der Waals surface area contributed by atoms with Crippen molar-refractivity contribution in [1.29, 1.82) is 0 Å². The van der Waals surface area contributed by atoms with Crippen molar-refractivity contribution < 1.29 is 9.84 Å². The van der Waals surface area contributed by atoms with Gasteiger partial charge in [0.1, 0.15) is 0 Å². The van der Waals surface area contributed by atoms with E-state index in [-0.39, 0.29) is 6.61 Å². The minimum absolute atomic E-state index is 0.0736. The molecule has 5 nitrogen and oxygen atoms in total. The Kier molecular flexibility index (Phi) is 5.81. The molecule has 0 unspecified atom stereocenters. The Balaban J connectivity index is 1.99. The Bertz CT molecular complexity index is 231. The Morgan fingerprint density at radius 2 is 2.36 bits per heavy atom. The van der Waals surface area contributed by atoms with Gasteiger partial charge in [0.05, 0.1) is 25.5 Å². The number of hydrogen-bond acceptors (Lipinski definition) is 5. The predicted octanol–water partition coefficient (Wildman–Crippen LogP) is -0.425. The number of ether oxygens (including phenoxy) is 1. The molecule has 0 saturated heterocycles. The minimum Gasteiger partial charge on any atom is -0.394 e. The largest absolute Gasteiger partial charge is 0.394 e. The van der Waals surface area contributed by atoms with Crippen molar-refractivity contribution in [1.82, 2.24) is 15.5 Å². The maximum Gasteiger partial charge on any atom is 0.0768 e. The average Bonchev–Trinajstić information content (AvgIpc) is 2.25. The lowest BCUT2D eigenvalue weighted by Gasteiger charge is -2.03. The van der Waals surface area contributed by atoms with Gasteiger partial charge >= 0.3 is 0 Å². The van der Waals surface area contributed by atoms with E-state index >= 15 is 0 Å². The second-order valence-electron chi connectivity index (χ2n) is 2.73. The van der Waals surface area contributed by atoms with Crippen LogP contribution in [0.2, 0.25) is 0 Å². The van der Waals surface area contributed by atoms with Crippen molar-refractivity contribution >= 4 is 0 Å². The van der Waals surface area contributed by atoms with E-state index in [1.165, 1.54) is 0 Å². The predicted molar refractivity (Wildman–Crippen MR) is 51.6 cm³/mol. The maximum atomic E-state index is 8.44. The van der Waals surface area contributed by atoms with Crippen molar-refractivity contribution in [2.24, 2.45) is 0 Å². The molecule has 0 atom stereocenters. The molecule has 78 valence electrons. The third-order valence-electron chi connectivity index (χ3n) is 1.59. The van der Waals surface area contributed by atoms with Crippen LogP contribution in [0.1, 0.15) is 5.69 Å². The average molecular weight is 197 g/mol. The molecule has 14 heavy (non-hydrogen) atoms. The second-order valence-corrected chi connectivity index (χ2v) is 2.73. The molecule has 0 amide bonds. The zero-order chi connectivity index (χ0) is 10.1. The molecule has 0 aromatic carbocycles. The van der Waals surface area contributed by atoms with Crippen LogP contribution < -0.4 is 5.32 Å². The van der Waals surface area contributed by atoms with E-state index in [0.717, 1.165) is 12.2 Å². The summed E-state index contributed by atoms with van der Waals surface area (Å²) in [7, 11) is 0. The highest BCUT2D eigenvalue weighted by Crippen LogP contribution is 1.88. The third kappa shape index (κ3) is 4.86. The van der Waals surface area contributed by atoms with Crippen molar-refractivity contribution in [2.75, 3.05) is 26.4 Å². The number of rotatable bonds is 7. The molecule has 0 aliphatic carbocycles. The van der Waals surface area contributed by atoms with E-state index < -0.39 is 0 Å². The maximum absolute atomic E-state index is 8.44. The van der Waals surface area contributed by atoms with E-state index in [9.17, 15) is 0 Å². The fourth-order valence-electron chi connectivity index (χ4n) is 0.955. The Hall–Kier alpha value is -1.04. The summed E-state index contributed by atoms with van der Waals surface area (Å²) in [4.78, 5) is 0. The standard InChI is InChI=1S/C9H15N3O2/c13-5-7-14-6-4-10-8-9-2-1-3-11-12-9/h1-3,10,13H,4-8H2. The number of aliphatic hydroxyl groups excluding tert-OH is 1. The number of aliphatic hydroxyl groups is 1. The summed E-state index contributed by atoms with van der Waals surface area (Å²) >= 11 is 0. The van der Waals surface area contributed by atoms with Gasteiger partial charge in [-0.3, -0.25) is 0 Å². The third-order valence-corrected chi connectivity index (χ3v) is 1.59. The Morgan fingerprint density at radius 3 is 3.07 bits per heavy atom. The molecule has 1 rings (SSSR count). The molecule has 0 saturated carbocycles. The van der Waals surface area contributed by atoms with E-state index in [1.807, 2.05) is 12.1 Å². The molecule has 0 radical (unpaired) electrons. The molecule has 1 heterocycles. The lowest BCUT2D eigenvalue weighted by atomic mass is 10.4. The molecule has 0 aliphatic heterocycles. The molecule has 1 aromatic heterocycles. The van der Waals surface area contributed by atoms with Crippen LogP contribution in [0.3, 0.4) is 0 Å². The van der Waals surface area contributed by atoms with Gasteiger partial charge in [0, 0.05) is 19.3 Å². The zero-order valence-electron chi connectivity index (χ0n) is 8.02. The fraction of sp³-hybridized carbons (Fsp3) is 0.556. The number of aromatic nitrogens is 2.